The molecular weight excluding hydrogens is 294 g/mol. The van der Waals surface area contributed by atoms with Crippen LogP contribution in [0.5, 0.6) is 0 Å². The van der Waals surface area contributed by atoms with Crippen LogP contribution in [0.4, 0.5) is 4.79 Å². The summed E-state index contributed by atoms with van der Waals surface area (Å²) in [5.74, 6) is -0.228. The quantitative estimate of drug-likeness (QED) is 0.574. The van der Waals surface area contributed by atoms with E-state index in [1.807, 2.05) is 20.8 Å². The number of nitrogens with zero attached hydrogens (tertiary/aromatic N) is 1. The summed E-state index contributed by atoms with van der Waals surface area (Å²) in [6.07, 6.45) is 6.09. The highest BCUT2D eigenvalue weighted by Gasteiger charge is 2.31. The van der Waals surface area contributed by atoms with E-state index >= 15 is 0 Å². The third-order valence-corrected chi connectivity index (χ3v) is 4.28. The van der Waals surface area contributed by atoms with Crippen molar-refractivity contribution in [2.75, 3.05) is 13.1 Å². The van der Waals surface area contributed by atoms with E-state index < -0.39 is 5.60 Å². The van der Waals surface area contributed by atoms with Gasteiger partial charge in [0.25, 0.3) is 0 Å². The van der Waals surface area contributed by atoms with Crippen molar-refractivity contribution in [3.8, 4) is 0 Å². The molecule has 23 heavy (non-hydrogen) atoms. The molecule has 5 heteroatoms. The third kappa shape index (κ3) is 5.56. The van der Waals surface area contributed by atoms with Crippen molar-refractivity contribution in [1.82, 2.24) is 4.90 Å². The Hall–Kier alpha value is -1.52. The molecule has 1 saturated heterocycles. The Labute approximate surface area is 139 Å². The van der Waals surface area contributed by atoms with Gasteiger partial charge in [0, 0.05) is 13.1 Å². The van der Waals surface area contributed by atoms with Gasteiger partial charge in [0.05, 0.1) is 5.92 Å². The van der Waals surface area contributed by atoms with Crippen LogP contribution in [-0.4, -0.2) is 41.8 Å². The fourth-order valence-corrected chi connectivity index (χ4v) is 3.03. The second-order valence-electron chi connectivity index (χ2n) is 7.62. The van der Waals surface area contributed by atoms with Gasteiger partial charge in [-0.25, -0.2) is 4.79 Å². The zero-order valence-corrected chi connectivity index (χ0v) is 14.8. The first-order valence-electron chi connectivity index (χ1n) is 8.60. The molecule has 1 atom stereocenters. The molecule has 0 N–H and O–H groups in total. The molecule has 0 bridgehead atoms. The molecule has 1 unspecified atom stereocenters. The van der Waals surface area contributed by atoms with Crippen LogP contribution in [-0.2, 0) is 14.3 Å². The Morgan fingerprint density at radius 1 is 1.17 bits per heavy atom. The average molecular weight is 323 g/mol. The summed E-state index contributed by atoms with van der Waals surface area (Å²) >= 11 is 0. The van der Waals surface area contributed by atoms with Crippen LogP contribution in [0.3, 0.4) is 0 Å². The topological polar surface area (TPSA) is 55.8 Å². The molecule has 0 radical (unpaired) electrons. The fourth-order valence-electron chi connectivity index (χ4n) is 3.03. The predicted octanol–water partition coefficient (Wildman–Crippen LogP) is 3.68. The average Bonchev–Trinajstić information content (AvgIpc) is 2.45. The summed E-state index contributed by atoms with van der Waals surface area (Å²) in [4.78, 5) is 26.0. The second-order valence-corrected chi connectivity index (χ2v) is 7.62. The second kappa shape index (κ2) is 7.37. The highest BCUT2D eigenvalue weighted by molar-refractivity contribution is 5.74. The van der Waals surface area contributed by atoms with Crippen molar-refractivity contribution in [3.63, 3.8) is 0 Å². The number of esters is 1. The van der Waals surface area contributed by atoms with Gasteiger partial charge in [-0.05, 0) is 65.9 Å². The number of piperidine rings is 1. The molecule has 5 nitrogen and oxygen atoms in total. The lowest BCUT2D eigenvalue weighted by Crippen LogP contribution is -2.43. The van der Waals surface area contributed by atoms with E-state index in [0.29, 0.717) is 25.9 Å². The van der Waals surface area contributed by atoms with Gasteiger partial charge in [-0.15, -0.1) is 0 Å². The molecule has 0 aromatic heterocycles. The first-order chi connectivity index (χ1) is 10.7. The van der Waals surface area contributed by atoms with E-state index in [-0.39, 0.29) is 24.1 Å². The van der Waals surface area contributed by atoms with Crippen LogP contribution in [0.25, 0.3) is 0 Å². The number of carbonyl (C=O) groups excluding carboxylic acids is 2. The third-order valence-electron chi connectivity index (χ3n) is 4.28. The smallest absolute Gasteiger partial charge is 0.410 e. The van der Waals surface area contributed by atoms with Crippen LogP contribution in [0, 0.1) is 5.92 Å². The number of allylic oxidation sites excluding steroid dienone is 1. The highest BCUT2D eigenvalue weighted by atomic mass is 16.6. The normalized spacial score (nSPS) is 23.2. The van der Waals surface area contributed by atoms with Crippen LogP contribution in [0.1, 0.15) is 59.8 Å². The molecule has 1 aliphatic heterocycles. The lowest BCUT2D eigenvalue weighted by Gasteiger charge is -2.33. The SMILES string of the molecule is CC1=CC(OC(=O)C2CCN(C(=O)OC(C)(C)C)CC2)CCC1. The number of hydrogen-bond acceptors (Lipinski definition) is 4. The van der Waals surface area contributed by atoms with Gasteiger partial charge in [0.2, 0.25) is 0 Å². The maximum Gasteiger partial charge on any atom is 0.410 e. The molecule has 1 amide bonds. The van der Waals surface area contributed by atoms with Crippen molar-refractivity contribution in [2.24, 2.45) is 5.92 Å². The summed E-state index contributed by atoms with van der Waals surface area (Å²) < 4.78 is 11.0. The van der Waals surface area contributed by atoms with Crippen molar-refractivity contribution in [3.05, 3.63) is 11.6 Å². The summed E-state index contributed by atoms with van der Waals surface area (Å²) in [6.45, 7) is 8.75. The number of amides is 1. The summed E-state index contributed by atoms with van der Waals surface area (Å²) in [5.41, 5.74) is 0.812. The standard InChI is InChI=1S/C18H29NO4/c1-13-6-5-7-15(12-13)22-16(20)14-8-10-19(11-9-14)17(21)23-18(2,3)4/h12,14-15H,5-11H2,1-4H3. The fraction of sp³-hybridized carbons (Fsp3) is 0.778. The first kappa shape index (κ1) is 17.8. The molecule has 2 rings (SSSR count). The summed E-state index contributed by atoms with van der Waals surface area (Å²) in [6, 6.07) is 0. The van der Waals surface area contributed by atoms with E-state index in [0.717, 1.165) is 19.3 Å². The molecule has 1 fully saturated rings. The number of hydrogen-bond donors (Lipinski definition) is 0. The van der Waals surface area contributed by atoms with Crippen molar-refractivity contribution < 1.29 is 19.1 Å². The van der Waals surface area contributed by atoms with Crippen LogP contribution < -0.4 is 0 Å². The van der Waals surface area contributed by atoms with Crippen molar-refractivity contribution in [1.29, 1.82) is 0 Å². The molecule has 0 aromatic rings. The lowest BCUT2D eigenvalue weighted by atomic mass is 9.96. The monoisotopic (exact) mass is 323 g/mol. The van der Waals surface area contributed by atoms with E-state index in [1.165, 1.54) is 5.57 Å². The van der Waals surface area contributed by atoms with Gasteiger partial charge >= 0.3 is 12.1 Å². The van der Waals surface area contributed by atoms with Gasteiger partial charge in [0.15, 0.2) is 0 Å². The Kier molecular flexibility index (Phi) is 5.71. The van der Waals surface area contributed by atoms with Gasteiger partial charge < -0.3 is 14.4 Å². The van der Waals surface area contributed by atoms with E-state index in [1.54, 1.807) is 4.90 Å². The molecule has 1 aliphatic carbocycles. The number of ether oxygens (including phenoxy) is 2. The van der Waals surface area contributed by atoms with Gasteiger partial charge in [-0.2, -0.15) is 0 Å². The Morgan fingerprint density at radius 3 is 2.39 bits per heavy atom. The largest absolute Gasteiger partial charge is 0.458 e. The predicted molar refractivity (Wildman–Crippen MR) is 88.0 cm³/mol. The first-order valence-corrected chi connectivity index (χ1v) is 8.60. The van der Waals surface area contributed by atoms with E-state index in [9.17, 15) is 9.59 Å². The summed E-state index contributed by atoms with van der Waals surface area (Å²) in [7, 11) is 0. The Balaban J connectivity index is 1.78. The van der Waals surface area contributed by atoms with Gasteiger partial charge in [-0.1, -0.05) is 5.57 Å². The molecule has 1 heterocycles. The zero-order valence-electron chi connectivity index (χ0n) is 14.8. The molecular formula is C18H29NO4. The minimum atomic E-state index is -0.488. The number of likely N-dealkylation sites (tertiary alicyclic amines) is 1. The molecule has 0 spiro atoms. The number of rotatable bonds is 2. The Morgan fingerprint density at radius 2 is 1.83 bits per heavy atom. The molecule has 0 aromatic carbocycles. The minimum absolute atomic E-state index is 0.0693. The van der Waals surface area contributed by atoms with Crippen molar-refractivity contribution >= 4 is 12.1 Å². The minimum Gasteiger partial charge on any atom is -0.458 e. The van der Waals surface area contributed by atoms with Gasteiger partial charge in [0.1, 0.15) is 11.7 Å². The maximum absolute atomic E-state index is 12.3. The summed E-state index contributed by atoms with van der Waals surface area (Å²) in [5, 5.41) is 0. The molecule has 130 valence electrons. The Bertz CT molecular complexity index is 470. The molecule has 0 saturated carbocycles. The highest BCUT2D eigenvalue weighted by Crippen LogP contribution is 2.24. The van der Waals surface area contributed by atoms with Crippen LogP contribution in [0.2, 0.25) is 0 Å². The maximum atomic E-state index is 12.3. The lowest BCUT2D eigenvalue weighted by molar-refractivity contribution is -0.154. The van der Waals surface area contributed by atoms with Gasteiger partial charge in [-0.3, -0.25) is 4.79 Å². The van der Waals surface area contributed by atoms with E-state index in [4.69, 9.17) is 9.47 Å². The molecule has 2 aliphatic rings. The van der Waals surface area contributed by atoms with Crippen LogP contribution >= 0.6 is 0 Å². The number of carbonyl (C=O) groups is 2. The van der Waals surface area contributed by atoms with Crippen LogP contribution in [0.15, 0.2) is 11.6 Å². The van der Waals surface area contributed by atoms with Crippen molar-refractivity contribution in [2.45, 2.75) is 71.5 Å². The zero-order chi connectivity index (χ0) is 17.0. The van der Waals surface area contributed by atoms with E-state index in [2.05, 4.69) is 13.0 Å².